The highest BCUT2D eigenvalue weighted by Crippen LogP contribution is 2.22. The zero-order valence-corrected chi connectivity index (χ0v) is 15.8. The van der Waals surface area contributed by atoms with Gasteiger partial charge in [0.1, 0.15) is 11.5 Å². The molecule has 0 spiro atoms. The SMILES string of the molecule is COc1ccc(Br)cc1C(=O)NNC(=O)COc1ccc(Br)cc1. The lowest BCUT2D eigenvalue weighted by molar-refractivity contribution is -0.123. The first-order chi connectivity index (χ1) is 11.5. The smallest absolute Gasteiger partial charge is 0.276 e. The van der Waals surface area contributed by atoms with E-state index in [1.807, 2.05) is 0 Å². The lowest BCUT2D eigenvalue weighted by atomic mass is 10.2. The van der Waals surface area contributed by atoms with Gasteiger partial charge in [0.2, 0.25) is 0 Å². The van der Waals surface area contributed by atoms with E-state index in [0.717, 1.165) is 8.95 Å². The minimum atomic E-state index is -0.495. The van der Waals surface area contributed by atoms with Crippen molar-refractivity contribution < 1.29 is 19.1 Å². The van der Waals surface area contributed by atoms with E-state index >= 15 is 0 Å². The molecule has 0 aliphatic carbocycles. The predicted molar refractivity (Wildman–Crippen MR) is 95.9 cm³/mol. The summed E-state index contributed by atoms with van der Waals surface area (Å²) >= 11 is 6.59. The summed E-state index contributed by atoms with van der Waals surface area (Å²) in [7, 11) is 1.46. The summed E-state index contributed by atoms with van der Waals surface area (Å²) < 4.78 is 12.1. The van der Waals surface area contributed by atoms with E-state index < -0.39 is 11.8 Å². The minimum absolute atomic E-state index is 0.225. The Morgan fingerprint density at radius 2 is 1.67 bits per heavy atom. The highest BCUT2D eigenvalue weighted by molar-refractivity contribution is 9.10. The molecule has 2 amide bonds. The van der Waals surface area contributed by atoms with Crippen molar-refractivity contribution in [3.63, 3.8) is 0 Å². The van der Waals surface area contributed by atoms with Gasteiger partial charge in [0.05, 0.1) is 12.7 Å². The summed E-state index contributed by atoms with van der Waals surface area (Å²) in [5.41, 5.74) is 4.90. The van der Waals surface area contributed by atoms with Gasteiger partial charge in [0.25, 0.3) is 11.8 Å². The Hall–Kier alpha value is -2.06. The summed E-state index contributed by atoms with van der Waals surface area (Å²) in [6.07, 6.45) is 0. The first kappa shape index (κ1) is 18.3. The van der Waals surface area contributed by atoms with Gasteiger partial charge in [-0.05, 0) is 42.5 Å². The molecular formula is C16H14Br2N2O4. The van der Waals surface area contributed by atoms with Gasteiger partial charge in [-0.1, -0.05) is 31.9 Å². The standard InChI is InChI=1S/C16H14Br2N2O4/c1-23-14-7-4-11(18)8-13(14)16(22)20-19-15(21)9-24-12-5-2-10(17)3-6-12/h2-8H,9H2,1H3,(H,19,21)(H,20,22). The molecule has 126 valence electrons. The molecule has 0 unspecified atom stereocenters. The number of hydrazine groups is 1. The van der Waals surface area contributed by atoms with Crippen molar-refractivity contribution in [3.05, 3.63) is 57.0 Å². The zero-order chi connectivity index (χ0) is 17.5. The summed E-state index contributed by atoms with van der Waals surface area (Å²) in [6.45, 7) is -0.225. The lowest BCUT2D eigenvalue weighted by Gasteiger charge is -2.11. The molecule has 0 radical (unpaired) electrons. The first-order valence-corrected chi connectivity index (χ1v) is 8.39. The molecule has 0 aliphatic heterocycles. The molecule has 0 atom stereocenters. The fourth-order valence-corrected chi connectivity index (χ4v) is 2.39. The van der Waals surface area contributed by atoms with E-state index in [1.165, 1.54) is 7.11 Å². The van der Waals surface area contributed by atoms with Crippen molar-refractivity contribution in [2.75, 3.05) is 13.7 Å². The number of carbonyl (C=O) groups excluding carboxylic acids is 2. The first-order valence-electron chi connectivity index (χ1n) is 6.80. The third-order valence-electron chi connectivity index (χ3n) is 2.91. The number of benzene rings is 2. The van der Waals surface area contributed by atoms with Crippen LogP contribution in [0.1, 0.15) is 10.4 Å². The molecule has 2 N–H and O–H groups in total. The average Bonchev–Trinajstić information content (AvgIpc) is 2.59. The van der Waals surface area contributed by atoms with Crippen LogP contribution < -0.4 is 20.3 Å². The number of rotatable bonds is 5. The highest BCUT2D eigenvalue weighted by Gasteiger charge is 2.13. The fourth-order valence-electron chi connectivity index (χ4n) is 1.77. The van der Waals surface area contributed by atoms with Crippen molar-refractivity contribution in [1.82, 2.24) is 10.9 Å². The van der Waals surface area contributed by atoms with Crippen LogP contribution >= 0.6 is 31.9 Å². The summed E-state index contributed by atoms with van der Waals surface area (Å²) in [6, 6.07) is 12.0. The van der Waals surface area contributed by atoms with Crippen molar-refractivity contribution in [2.24, 2.45) is 0 Å². The second-order valence-corrected chi connectivity index (χ2v) is 6.42. The van der Waals surface area contributed by atoms with E-state index in [0.29, 0.717) is 17.1 Å². The Kier molecular flexibility index (Phi) is 6.62. The second-order valence-electron chi connectivity index (χ2n) is 4.59. The average molecular weight is 458 g/mol. The van der Waals surface area contributed by atoms with E-state index in [-0.39, 0.29) is 6.61 Å². The molecule has 6 nitrogen and oxygen atoms in total. The molecule has 0 aromatic heterocycles. The molecular weight excluding hydrogens is 444 g/mol. The number of carbonyl (C=O) groups is 2. The third-order valence-corrected chi connectivity index (χ3v) is 3.93. The molecule has 2 rings (SSSR count). The molecule has 2 aromatic carbocycles. The van der Waals surface area contributed by atoms with Crippen LogP contribution in [0, 0.1) is 0 Å². The van der Waals surface area contributed by atoms with E-state index in [1.54, 1.807) is 42.5 Å². The Balaban J connectivity index is 1.86. The molecule has 0 aliphatic rings. The van der Waals surface area contributed by atoms with Crippen molar-refractivity contribution in [1.29, 1.82) is 0 Å². The van der Waals surface area contributed by atoms with Gasteiger partial charge in [0.15, 0.2) is 6.61 Å². The van der Waals surface area contributed by atoms with Gasteiger partial charge in [-0.2, -0.15) is 0 Å². The Morgan fingerprint density at radius 1 is 1.00 bits per heavy atom. The highest BCUT2D eigenvalue weighted by atomic mass is 79.9. The van der Waals surface area contributed by atoms with Crippen LogP contribution in [-0.4, -0.2) is 25.5 Å². The van der Waals surface area contributed by atoms with Crippen LogP contribution in [0.4, 0.5) is 0 Å². The maximum atomic E-state index is 12.1. The molecule has 0 bridgehead atoms. The van der Waals surface area contributed by atoms with Crippen LogP contribution in [0.5, 0.6) is 11.5 Å². The maximum Gasteiger partial charge on any atom is 0.276 e. The number of ether oxygens (including phenoxy) is 2. The van der Waals surface area contributed by atoms with Crippen molar-refractivity contribution >= 4 is 43.7 Å². The topological polar surface area (TPSA) is 76.7 Å². The molecule has 0 saturated carbocycles. The minimum Gasteiger partial charge on any atom is -0.496 e. The van der Waals surface area contributed by atoms with Crippen LogP contribution in [0.2, 0.25) is 0 Å². The second kappa shape index (κ2) is 8.70. The number of halogens is 2. The molecule has 0 heterocycles. The van der Waals surface area contributed by atoms with Gasteiger partial charge in [-0.3, -0.25) is 20.4 Å². The molecule has 0 fully saturated rings. The third kappa shape index (κ3) is 5.24. The van der Waals surface area contributed by atoms with E-state index in [9.17, 15) is 9.59 Å². The largest absolute Gasteiger partial charge is 0.496 e. The number of amides is 2. The maximum absolute atomic E-state index is 12.1. The van der Waals surface area contributed by atoms with Crippen LogP contribution in [-0.2, 0) is 4.79 Å². The van der Waals surface area contributed by atoms with Gasteiger partial charge in [0, 0.05) is 8.95 Å². The van der Waals surface area contributed by atoms with Gasteiger partial charge in [-0.15, -0.1) is 0 Å². The monoisotopic (exact) mass is 456 g/mol. The number of hydrogen-bond donors (Lipinski definition) is 2. The Morgan fingerprint density at radius 3 is 2.33 bits per heavy atom. The molecule has 8 heteroatoms. The molecule has 0 saturated heterocycles. The summed E-state index contributed by atoms with van der Waals surface area (Å²) in [5.74, 6) is -0.0326. The molecule has 24 heavy (non-hydrogen) atoms. The Labute approximate surface area is 155 Å². The normalized spacial score (nSPS) is 9.96. The Bertz CT molecular complexity index is 735. The van der Waals surface area contributed by atoms with Crippen LogP contribution in [0.3, 0.4) is 0 Å². The lowest BCUT2D eigenvalue weighted by Crippen LogP contribution is -2.43. The number of methoxy groups -OCH3 is 1. The van der Waals surface area contributed by atoms with Crippen molar-refractivity contribution in [3.8, 4) is 11.5 Å². The zero-order valence-electron chi connectivity index (χ0n) is 12.6. The fraction of sp³-hybridized carbons (Fsp3) is 0.125. The van der Waals surface area contributed by atoms with Gasteiger partial charge < -0.3 is 9.47 Å². The van der Waals surface area contributed by atoms with Crippen molar-refractivity contribution in [2.45, 2.75) is 0 Å². The number of nitrogens with one attached hydrogen (secondary N) is 2. The summed E-state index contributed by atoms with van der Waals surface area (Å²) in [4.78, 5) is 23.9. The predicted octanol–water partition coefficient (Wildman–Crippen LogP) is 3.06. The van der Waals surface area contributed by atoms with Gasteiger partial charge >= 0.3 is 0 Å². The van der Waals surface area contributed by atoms with E-state index in [2.05, 4.69) is 42.7 Å². The summed E-state index contributed by atoms with van der Waals surface area (Å²) in [5, 5.41) is 0. The van der Waals surface area contributed by atoms with Crippen LogP contribution in [0.25, 0.3) is 0 Å². The molecule has 2 aromatic rings. The van der Waals surface area contributed by atoms with Gasteiger partial charge in [-0.25, -0.2) is 0 Å². The number of hydrogen-bond acceptors (Lipinski definition) is 4. The van der Waals surface area contributed by atoms with E-state index in [4.69, 9.17) is 9.47 Å². The van der Waals surface area contributed by atoms with Crippen LogP contribution in [0.15, 0.2) is 51.4 Å². The quantitative estimate of drug-likeness (QED) is 0.676.